The van der Waals surface area contributed by atoms with Crippen LogP contribution >= 0.6 is 0 Å². The molecule has 0 aromatic heterocycles. The van der Waals surface area contributed by atoms with Gasteiger partial charge < -0.3 is 4.74 Å². The molecule has 0 N–H and O–H groups in total. The second kappa shape index (κ2) is 4.61. The van der Waals surface area contributed by atoms with Crippen LogP contribution in [0.25, 0.3) is 0 Å². The minimum Gasteiger partial charge on any atom is -0.489 e. The molecule has 0 aliphatic carbocycles. The standard InChI is InChI=1S/C12H14O2/c1-9(2)8-14-12-6-4-11(5-7-12)10(3)13/h4-7H,1,8H2,2-3H3. The first-order chi connectivity index (χ1) is 6.59. The molecule has 0 bridgehead atoms. The molecule has 1 aromatic rings. The van der Waals surface area contributed by atoms with Gasteiger partial charge in [0.05, 0.1) is 0 Å². The van der Waals surface area contributed by atoms with E-state index in [1.54, 1.807) is 31.2 Å². The number of ether oxygens (including phenoxy) is 1. The summed E-state index contributed by atoms with van der Waals surface area (Å²) in [4.78, 5) is 11.0. The molecule has 14 heavy (non-hydrogen) atoms. The molecule has 0 aliphatic heterocycles. The normalized spacial score (nSPS) is 9.57. The number of ketones is 1. The van der Waals surface area contributed by atoms with Gasteiger partial charge in [-0.05, 0) is 43.7 Å². The van der Waals surface area contributed by atoms with Crippen molar-refractivity contribution in [3.63, 3.8) is 0 Å². The summed E-state index contributed by atoms with van der Waals surface area (Å²) in [5.41, 5.74) is 1.67. The maximum absolute atomic E-state index is 11.0. The first kappa shape index (κ1) is 10.5. The SMILES string of the molecule is C=C(C)COc1ccc(C(C)=O)cc1. The summed E-state index contributed by atoms with van der Waals surface area (Å²) >= 11 is 0. The predicted octanol–water partition coefficient (Wildman–Crippen LogP) is 2.84. The number of hydrogen-bond acceptors (Lipinski definition) is 2. The van der Waals surface area contributed by atoms with Crippen LogP contribution in [0.2, 0.25) is 0 Å². The monoisotopic (exact) mass is 190 g/mol. The van der Waals surface area contributed by atoms with Crippen molar-refractivity contribution in [1.29, 1.82) is 0 Å². The van der Waals surface area contributed by atoms with Crippen LogP contribution in [0, 0.1) is 0 Å². The quantitative estimate of drug-likeness (QED) is 0.539. The molecule has 1 aromatic carbocycles. The van der Waals surface area contributed by atoms with Crippen molar-refractivity contribution < 1.29 is 9.53 Å². The lowest BCUT2D eigenvalue weighted by atomic mass is 10.1. The molecule has 2 heteroatoms. The Morgan fingerprint density at radius 1 is 1.29 bits per heavy atom. The van der Waals surface area contributed by atoms with Gasteiger partial charge in [-0.15, -0.1) is 0 Å². The lowest BCUT2D eigenvalue weighted by molar-refractivity contribution is 0.101. The predicted molar refractivity (Wildman–Crippen MR) is 56.8 cm³/mol. The van der Waals surface area contributed by atoms with Gasteiger partial charge in [0.2, 0.25) is 0 Å². The lowest BCUT2D eigenvalue weighted by Gasteiger charge is -2.05. The van der Waals surface area contributed by atoms with Gasteiger partial charge in [0.25, 0.3) is 0 Å². The van der Waals surface area contributed by atoms with Crippen LogP contribution in [0.4, 0.5) is 0 Å². The lowest BCUT2D eigenvalue weighted by Crippen LogP contribution is -1.98. The van der Waals surface area contributed by atoms with Crippen LogP contribution in [0.3, 0.4) is 0 Å². The van der Waals surface area contributed by atoms with E-state index in [4.69, 9.17) is 4.74 Å². The van der Waals surface area contributed by atoms with Crippen molar-refractivity contribution >= 4 is 5.78 Å². The van der Waals surface area contributed by atoms with Crippen LogP contribution in [0.1, 0.15) is 24.2 Å². The molecule has 0 saturated carbocycles. The minimum absolute atomic E-state index is 0.0662. The second-order valence-electron chi connectivity index (χ2n) is 3.33. The van der Waals surface area contributed by atoms with Crippen LogP contribution in [0.5, 0.6) is 5.75 Å². The maximum atomic E-state index is 11.0. The highest BCUT2D eigenvalue weighted by Crippen LogP contribution is 2.13. The largest absolute Gasteiger partial charge is 0.489 e. The van der Waals surface area contributed by atoms with E-state index in [9.17, 15) is 4.79 Å². The molecule has 1 rings (SSSR count). The van der Waals surface area contributed by atoms with Crippen molar-refractivity contribution in [2.75, 3.05) is 6.61 Å². The Labute approximate surface area is 84.2 Å². The van der Waals surface area contributed by atoms with Gasteiger partial charge in [0.1, 0.15) is 12.4 Å². The maximum Gasteiger partial charge on any atom is 0.159 e. The molecule has 0 aliphatic rings. The highest BCUT2D eigenvalue weighted by Gasteiger charge is 1.98. The number of Topliss-reactive ketones (excluding diaryl/α,β-unsaturated/α-hetero) is 1. The molecule has 74 valence electrons. The molecule has 0 unspecified atom stereocenters. The first-order valence-corrected chi connectivity index (χ1v) is 4.48. The topological polar surface area (TPSA) is 26.3 Å². The number of benzene rings is 1. The van der Waals surface area contributed by atoms with E-state index in [1.165, 1.54) is 0 Å². The summed E-state index contributed by atoms with van der Waals surface area (Å²) in [7, 11) is 0. The molecule has 0 heterocycles. The fourth-order valence-corrected chi connectivity index (χ4v) is 0.992. The third-order valence-corrected chi connectivity index (χ3v) is 1.75. The Balaban J connectivity index is 2.64. The van der Waals surface area contributed by atoms with Gasteiger partial charge in [0.15, 0.2) is 5.78 Å². The number of hydrogen-bond donors (Lipinski definition) is 0. The molecule has 0 fully saturated rings. The van der Waals surface area contributed by atoms with Crippen molar-refractivity contribution in [3.05, 3.63) is 42.0 Å². The zero-order valence-corrected chi connectivity index (χ0v) is 8.54. The summed E-state index contributed by atoms with van der Waals surface area (Å²) in [6.45, 7) is 7.70. The van der Waals surface area contributed by atoms with E-state index in [2.05, 4.69) is 6.58 Å². The van der Waals surface area contributed by atoms with Gasteiger partial charge in [-0.3, -0.25) is 4.79 Å². The molecular weight excluding hydrogens is 176 g/mol. The van der Waals surface area contributed by atoms with E-state index >= 15 is 0 Å². The average Bonchev–Trinajstić information content (AvgIpc) is 2.15. The first-order valence-electron chi connectivity index (χ1n) is 4.48. The fraction of sp³-hybridized carbons (Fsp3) is 0.250. The van der Waals surface area contributed by atoms with Crippen molar-refractivity contribution in [2.24, 2.45) is 0 Å². The molecule has 2 nitrogen and oxygen atoms in total. The van der Waals surface area contributed by atoms with Crippen LogP contribution in [-0.4, -0.2) is 12.4 Å². The van der Waals surface area contributed by atoms with E-state index < -0.39 is 0 Å². The summed E-state index contributed by atoms with van der Waals surface area (Å²) in [5, 5.41) is 0. The van der Waals surface area contributed by atoms with E-state index in [0.717, 1.165) is 11.3 Å². The van der Waals surface area contributed by atoms with Crippen molar-refractivity contribution in [3.8, 4) is 5.75 Å². The summed E-state index contributed by atoms with van der Waals surface area (Å²) in [6, 6.07) is 7.10. The summed E-state index contributed by atoms with van der Waals surface area (Å²) < 4.78 is 5.39. The van der Waals surface area contributed by atoms with E-state index in [1.807, 2.05) is 6.92 Å². The Morgan fingerprint density at radius 2 is 1.86 bits per heavy atom. The van der Waals surface area contributed by atoms with Crippen LogP contribution in [0.15, 0.2) is 36.4 Å². The van der Waals surface area contributed by atoms with Gasteiger partial charge in [-0.25, -0.2) is 0 Å². The van der Waals surface area contributed by atoms with Gasteiger partial charge in [-0.1, -0.05) is 6.58 Å². The minimum atomic E-state index is 0.0662. The molecule has 0 saturated heterocycles. The number of carbonyl (C=O) groups is 1. The summed E-state index contributed by atoms with van der Waals surface area (Å²) in [6.07, 6.45) is 0. The fourth-order valence-electron chi connectivity index (χ4n) is 0.992. The average molecular weight is 190 g/mol. The zero-order valence-electron chi connectivity index (χ0n) is 8.54. The highest BCUT2D eigenvalue weighted by molar-refractivity contribution is 5.94. The molecule has 0 radical (unpaired) electrons. The Hall–Kier alpha value is -1.57. The number of carbonyl (C=O) groups excluding carboxylic acids is 1. The van der Waals surface area contributed by atoms with Crippen LogP contribution in [-0.2, 0) is 0 Å². The molecular formula is C12H14O2. The zero-order chi connectivity index (χ0) is 10.6. The number of rotatable bonds is 4. The van der Waals surface area contributed by atoms with E-state index in [0.29, 0.717) is 12.2 Å². The van der Waals surface area contributed by atoms with Gasteiger partial charge in [-0.2, -0.15) is 0 Å². The Kier molecular flexibility index (Phi) is 3.46. The van der Waals surface area contributed by atoms with Gasteiger partial charge >= 0.3 is 0 Å². The third-order valence-electron chi connectivity index (χ3n) is 1.75. The second-order valence-corrected chi connectivity index (χ2v) is 3.33. The molecule has 0 amide bonds. The highest BCUT2D eigenvalue weighted by atomic mass is 16.5. The summed E-state index contributed by atoms with van der Waals surface area (Å²) in [5.74, 6) is 0.828. The van der Waals surface area contributed by atoms with Crippen LogP contribution < -0.4 is 4.74 Å². The van der Waals surface area contributed by atoms with E-state index in [-0.39, 0.29) is 5.78 Å². The smallest absolute Gasteiger partial charge is 0.159 e. The molecule has 0 spiro atoms. The Bertz CT molecular complexity index is 336. The van der Waals surface area contributed by atoms with Crippen molar-refractivity contribution in [1.82, 2.24) is 0 Å². The Morgan fingerprint density at radius 3 is 2.29 bits per heavy atom. The van der Waals surface area contributed by atoms with Gasteiger partial charge in [0, 0.05) is 5.56 Å². The molecule has 0 atom stereocenters. The van der Waals surface area contributed by atoms with Crippen molar-refractivity contribution in [2.45, 2.75) is 13.8 Å². The third kappa shape index (κ3) is 3.05.